The van der Waals surface area contributed by atoms with E-state index >= 15 is 0 Å². The number of unbranched alkanes of at least 4 members (excludes halogenated alkanes) is 1. The lowest BCUT2D eigenvalue weighted by atomic mass is 10.1. The monoisotopic (exact) mass is 517 g/mol. The van der Waals surface area contributed by atoms with Gasteiger partial charge in [0.2, 0.25) is 5.91 Å². The number of nitrogens with zero attached hydrogens (tertiary/aromatic N) is 3. The number of hydrogen-bond acceptors (Lipinski definition) is 6. The van der Waals surface area contributed by atoms with Crippen molar-refractivity contribution in [3.05, 3.63) is 70.3 Å². The summed E-state index contributed by atoms with van der Waals surface area (Å²) >= 11 is 1.81. The van der Waals surface area contributed by atoms with Crippen molar-refractivity contribution in [3.8, 4) is 5.75 Å². The number of ether oxygens (including phenoxy) is 1. The summed E-state index contributed by atoms with van der Waals surface area (Å²) in [6, 6.07) is 17.7. The molecule has 0 spiro atoms. The van der Waals surface area contributed by atoms with E-state index in [1.54, 1.807) is 17.4 Å². The Balaban J connectivity index is 1.11. The predicted octanol–water partition coefficient (Wildman–Crippen LogP) is 5.88. The zero-order chi connectivity index (χ0) is 25.8. The number of thiophene rings is 1. The Bertz CT molecular complexity index is 1440. The maximum absolute atomic E-state index is 12.8. The Kier molecular flexibility index (Phi) is 7.91. The van der Waals surface area contributed by atoms with Crippen LogP contribution >= 0.6 is 11.3 Å². The fourth-order valence-electron chi connectivity index (χ4n) is 5.02. The number of anilines is 1. The second kappa shape index (κ2) is 11.5. The zero-order valence-electron chi connectivity index (χ0n) is 21.7. The van der Waals surface area contributed by atoms with Crippen molar-refractivity contribution in [2.24, 2.45) is 5.92 Å². The molecule has 2 aromatic heterocycles. The summed E-state index contributed by atoms with van der Waals surface area (Å²) in [5, 5.41) is 4.40. The molecule has 37 heavy (non-hydrogen) atoms. The molecule has 0 saturated carbocycles. The maximum atomic E-state index is 12.8. The molecule has 1 unspecified atom stereocenters. The standard InChI is InChI=1S/C30H35N3O3S/c1-3-22(2)30(35)33-27-21-24(11-9-23(27)10-12-29(33)34)36-19-5-4-14-31-15-17-32(18-16-31)26-7-6-8-28-25(26)13-20-37-28/h6-13,20-22H,3-5,14-19H2,1-2H3. The lowest BCUT2D eigenvalue weighted by Gasteiger charge is -2.36. The third-order valence-electron chi connectivity index (χ3n) is 7.45. The number of piperazine rings is 1. The van der Waals surface area contributed by atoms with E-state index in [2.05, 4.69) is 39.4 Å². The molecule has 0 aliphatic carbocycles. The van der Waals surface area contributed by atoms with E-state index in [1.165, 1.54) is 26.4 Å². The number of pyridine rings is 1. The minimum absolute atomic E-state index is 0.164. The second-order valence-corrected chi connectivity index (χ2v) is 10.8. The van der Waals surface area contributed by atoms with E-state index in [-0.39, 0.29) is 17.4 Å². The van der Waals surface area contributed by atoms with Gasteiger partial charge in [-0.2, -0.15) is 0 Å². The first kappa shape index (κ1) is 25.5. The first-order valence-electron chi connectivity index (χ1n) is 13.3. The number of rotatable bonds is 9. The van der Waals surface area contributed by atoms with Gasteiger partial charge in [-0.05, 0) is 73.0 Å². The molecule has 3 heterocycles. The lowest BCUT2D eigenvalue weighted by molar-refractivity contribution is 0.0843. The number of carbonyl (C=O) groups excluding carboxylic acids is 1. The molecular formula is C30H35N3O3S. The van der Waals surface area contributed by atoms with Gasteiger partial charge in [-0.3, -0.25) is 14.5 Å². The van der Waals surface area contributed by atoms with Crippen molar-refractivity contribution in [2.45, 2.75) is 33.1 Å². The van der Waals surface area contributed by atoms with Gasteiger partial charge in [0, 0.05) is 60.0 Å². The van der Waals surface area contributed by atoms with Crippen LogP contribution in [-0.2, 0) is 0 Å². The van der Waals surface area contributed by atoms with Crippen molar-refractivity contribution in [1.29, 1.82) is 0 Å². The van der Waals surface area contributed by atoms with Gasteiger partial charge in [-0.25, -0.2) is 4.57 Å². The molecule has 2 aromatic carbocycles. The molecule has 5 rings (SSSR count). The van der Waals surface area contributed by atoms with E-state index in [9.17, 15) is 9.59 Å². The van der Waals surface area contributed by atoms with Crippen LogP contribution in [0.25, 0.3) is 21.0 Å². The zero-order valence-corrected chi connectivity index (χ0v) is 22.5. The molecule has 1 fully saturated rings. The van der Waals surface area contributed by atoms with Crippen molar-refractivity contribution >= 4 is 43.9 Å². The van der Waals surface area contributed by atoms with Crippen molar-refractivity contribution in [1.82, 2.24) is 9.47 Å². The topological polar surface area (TPSA) is 54.8 Å². The van der Waals surface area contributed by atoms with E-state index in [1.807, 2.05) is 32.0 Å². The molecule has 194 valence electrons. The van der Waals surface area contributed by atoms with Gasteiger partial charge >= 0.3 is 0 Å². The molecule has 0 radical (unpaired) electrons. The third-order valence-corrected chi connectivity index (χ3v) is 8.33. The van der Waals surface area contributed by atoms with Crippen molar-refractivity contribution in [3.63, 3.8) is 0 Å². The Hall–Kier alpha value is -3.16. The number of carbonyl (C=O) groups is 1. The van der Waals surface area contributed by atoms with Crippen LogP contribution in [0.5, 0.6) is 5.75 Å². The molecule has 0 amide bonds. The highest BCUT2D eigenvalue weighted by atomic mass is 32.1. The van der Waals surface area contributed by atoms with Crippen LogP contribution in [0.15, 0.2) is 64.8 Å². The highest BCUT2D eigenvalue weighted by molar-refractivity contribution is 7.17. The molecule has 4 aromatic rings. The highest BCUT2D eigenvalue weighted by Crippen LogP contribution is 2.31. The average Bonchev–Trinajstić information content (AvgIpc) is 3.41. The smallest absolute Gasteiger partial charge is 0.257 e. The summed E-state index contributed by atoms with van der Waals surface area (Å²) in [7, 11) is 0. The SMILES string of the molecule is CCC(C)C(=O)n1c(=O)ccc2ccc(OCCCCN3CCN(c4cccc5sccc45)CC3)cc21. The first-order valence-corrected chi connectivity index (χ1v) is 14.2. The van der Waals surface area contributed by atoms with Crippen LogP contribution in [0.4, 0.5) is 5.69 Å². The molecule has 1 aliphatic heterocycles. The summed E-state index contributed by atoms with van der Waals surface area (Å²) in [6.07, 6.45) is 2.72. The molecule has 7 heteroatoms. The number of hydrogen-bond donors (Lipinski definition) is 0. The molecule has 0 N–H and O–H groups in total. The van der Waals surface area contributed by atoms with Crippen LogP contribution < -0.4 is 15.2 Å². The van der Waals surface area contributed by atoms with Crippen molar-refractivity contribution < 1.29 is 9.53 Å². The summed E-state index contributed by atoms with van der Waals surface area (Å²) in [5.41, 5.74) is 1.69. The van der Waals surface area contributed by atoms with Crippen molar-refractivity contribution in [2.75, 3.05) is 44.2 Å². The number of benzene rings is 2. The molecule has 6 nitrogen and oxygen atoms in total. The minimum atomic E-state index is -0.290. The minimum Gasteiger partial charge on any atom is -0.494 e. The van der Waals surface area contributed by atoms with E-state index < -0.39 is 0 Å². The van der Waals surface area contributed by atoms with E-state index in [0.29, 0.717) is 24.3 Å². The van der Waals surface area contributed by atoms with Crippen LogP contribution in [0.3, 0.4) is 0 Å². The molecule has 1 aliphatic rings. The van der Waals surface area contributed by atoms with Crippen LogP contribution in [0.1, 0.15) is 37.9 Å². The Morgan fingerprint density at radius 1 is 1.03 bits per heavy atom. The van der Waals surface area contributed by atoms with Gasteiger partial charge in [0.05, 0.1) is 12.1 Å². The van der Waals surface area contributed by atoms with Gasteiger partial charge < -0.3 is 9.64 Å². The Morgan fingerprint density at radius 3 is 2.65 bits per heavy atom. The van der Waals surface area contributed by atoms with Gasteiger partial charge in [0.25, 0.3) is 5.56 Å². The Morgan fingerprint density at radius 2 is 1.84 bits per heavy atom. The quantitative estimate of drug-likeness (QED) is 0.259. The lowest BCUT2D eigenvalue weighted by Crippen LogP contribution is -2.46. The van der Waals surface area contributed by atoms with E-state index in [4.69, 9.17) is 4.74 Å². The fraction of sp³-hybridized carbons (Fsp3) is 0.400. The molecular weight excluding hydrogens is 482 g/mol. The van der Waals surface area contributed by atoms with Gasteiger partial charge in [-0.1, -0.05) is 19.9 Å². The summed E-state index contributed by atoms with van der Waals surface area (Å²) < 4.78 is 8.68. The van der Waals surface area contributed by atoms with E-state index in [0.717, 1.165) is 51.0 Å². The predicted molar refractivity (Wildman–Crippen MR) is 153 cm³/mol. The normalized spacial score (nSPS) is 15.4. The first-order chi connectivity index (χ1) is 18.0. The third kappa shape index (κ3) is 5.58. The average molecular weight is 518 g/mol. The van der Waals surface area contributed by atoms with Gasteiger partial charge in [0.15, 0.2) is 0 Å². The fourth-order valence-corrected chi connectivity index (χ4v) is 5.83. The summed E-state index contributed by atoms with van der Waals surface area (Å²) in [6.45, 7) is 9.76. The highest BCUT2D eigenvalue weighted by Gasteiger charge is 2.19. The number of fused-ring (bicyclic) bond motifs is 2. The summed E-state index contributed by atoms with van der Waals surface area (Å²) in [5.74, 6) is 0.321. The maximum Gasteiger partial charge on any atom is 0.257 e. The second-order valence-electron chi connectivity index (χ2n) is 9.87. The largest absolute Gasteiger partial charge is 0.494 e. The molecule has 1 atom stereocenters. The van der Waals surface area contributed by atoms with Crippen LogP contribution in [0, 0.1) is 5.92 Å². The number of aromatic nitrogens is 1. The van der Waals surface area contributed by atoms with Crippen LogP contribution in [-0.4, -0.2) is 54.7 Å². The Labute approximate surface area is 222 Å². The van der Waals surface area contributed by atoms with Gasteiger partial charge in [-0.15, -0.1) is 11.3 Å². The molecule has 1 saturated heterocycles. The van der Waals surface area contributed by atoms with Crippen LogP contribution in [0.2, 0.25) is 0 Å². The van der Waals surface area contributed by atoms with Gasteiger partial charge in [0.1, 0.15) is 5.75 Å². The summed E-state index contributed by atoms with van der Waals surface area (Å²) in [4.78, 5) is 30.4. The molecule has 0 bridgehead atoms.